The maximum absolute atomic E-state index is 11.9. The molecule has 1 fully saturated rings. The molecule has 0 unspecified atom stereocenters. The van der Waals surface area contributed by atoms with Gasteiger partial charge in [0.05, 0.1) is 12.7 Å². The number of nitrogens with one attached hydrogen (secondary N) is 1. The van der Waals surface area contributed by atoms with Gasteiger partial charge < -0.3 is 15.2 Å². The zero-order chi connectivity index (χ0) is 14.4. The highest BCUT2D eigenvalue weighted by Crippen LogP contribution is 2.22. The molecule has 1 amide bonds. The van der Waals surface area contributed by atoms with Crippen LogP contribution in [0.2, 0.25) is 0 Å². The minimum atomic E-state index is -0.167. The lowest BCUT2D eigenvalue weighted by Crippen LogP contribution is -2.47. The maximum atomic E-state index is 11.9. The Bertz CT molecular complexity index is 510. The summed E-state index contributed by atoms with van der Waals surface area (Å²) in [6.07, 6.45) is 3.97. The number of hydrogen-bond acceptors (Lipinski definition) is 4. The van der Waals surface area contributed by atoms with E-state index in [0.29, 0.717) is 12.1 Å². The fourth-order valence-electron chi connectivity index (χ4n) is 1.96. The molecular formula is C15H18N2O3. The number of pyridine rings is 1. The predicted octanol–water partition coefficient (Wildman–Crippen LogP) is 0.723. The topological polar surface area (TPSA) is 71.5 Å². The molecule has 5 heteroatoms. The Labute approximate surface area is 118 Å². The van der Waals surface area contributed by atoms with Gasteiger partial charge in [-0.15, -0.1) is 0 Å². The summed E-state index contributed by atoms with van der Waals surface area (Å²) in [5.74, 6) is 5.51. The number of methoxy groups -OCH3 is 1. The second-order valence-electron chi connectivity index (χ2n) is 4.71. The zero-order valence-corrected chi connectivity index (χ0v) is 11.4. The highest BCUT2D eigenvalue weighted by atomic mass is 16.5. The minimum absolute atomic E-state index is 0.0464. The molecule has 0 atom stereocenters. The average molecular weight is 274 g/mol. The normalized spacial score (nSPS) is 20.5. The number of hydrogen-bond donors (Lipinski definition) is 2. The molecule has 0 saturated heterocycles. The van der Waals surface area contributed by atoms with Gasteiger partial charge in [-0.05, 0) is 25.0 Å². The smallest absolute Gasteiger partial charge is 0.270 e. The predicted molar refractivity (Wildman–Crippen MR) is 74.1 cm³/mol. The number of aliphatic hydroxyl groups is 1. The van der Waals surface area contributed by atoms with Crippen molar-refractivity contribution in [3.8, 4) is 11.8 Å². The van der Waals surface area contributed by atoms with Crippen LogP contribution in [0, 0.1) is 11.8 Å². The summed E-state index contributed by atoms with van der Waals surface area (Å²) in [4.78, 5) is 16.0. The summed E-state index contributed by atoms with van der Waals surface area (Å²) in [6.45, 7) is 0.0464. The van der Waals surface area contributed by atoms with Crippen LogP contribution < -0.4 is 5.32 Å². The van der Waals surface area contributed by atoms with Gasteiger partial charge in [0.2, 0.25) is 0 Å². The van der Waals surface area contributed by atoms with E-state index in [1.807, 2.05) is 0 Å². The third-order valence-corrected chi connectivity index (χ3v) is 3.23. The number of aromatic nitrogens is 1. The van der Waals surface area contributed by atoms with E-state index in [2.05, 4.69) is 22.1 Å². The van der Waals surface area contributed by atoms with E-state index in [4.69, 9.17) is 9.84 Å². The lowest BCUT2D eigenvalue weighted by atomic mass is 9.89. The molecule has 1 aliphatic carbocycles. The van der Waals surface area contributed by atoms with Gasteiger partial charge in [0.25, 0.3) is 5.91 Å². The fraction of sp³-hybridized carbons (Fsp3) is 0.467. The van der Waals surface area contributed by atoms with Crippen LogP contribution in [-0.2, 0) is 4.74 Å². The maximum Gasteiger partial charge on any atom is 0.270 e. The van der Waals surface area contributed by atoms with Crippen LogP contribution >= 0.6 is 0 Å². The Hall–Kier alpha value is -1.90. The monoisotopic (exact) mass is 274 g/mol. The molecule has 1 aliphatic rings. The van der Waals surface area contributed by atoms with Crippen molar-refractivity contribution >= 4 is 5.91 Å². The van der Waals surface area contributed by atoms with E-state index in [9.17, 15) is 4.79 Å². The van der Waals surface area contributed by atoms with Crippen molar-refractivity contribution in [3.63, 3.8) is 0 Å². The summed E-state index contributed by atoms with van der Waals surface area (Å²) < 4.78 is 5.17. The standard InChI is InChI=1S/C15H18N2O3/c1-20-13-8-12(9-13)17-15(19)14-6-5-11(10-16-14)4-2-3-7-18/h5-6,10,12-13,18H,3,7-9H2,1H3,(H,17,19). The summed E-state index contributed by atoms with van der Waals surface area (Å²) in [6, 6.07) is 3.59. The lowest BCUT2D eigenvalue weighted by Gasteiger charge is -2.34. The highest BCUT2D eigenvalue weighted by Gasteiger charge is 2.30. The Morgan fingerprint density at radius 1 is 1.55 bits per heavy atom. The number of carbonyl (C=O) groups is 1. The summed E-state index contributed by atoms with van der Waals surface area (Å²) in [5.41, 5.74) is 1.12. The van der Waals surface area contributed by atoms with Gasteiger partial charge in [-0.1, -0.05) is 11.8 Å². The molecule has 1 aromatic heterocycles. The van der Waals surface area contributed by atoms with Gasteiger partial charge in [0.15, 0.2) is 0 Å². The minimum Gasteiger partial charge on any atom is -0.395 e. The van der Waals surface area contributed by atoms with Gasteiger partial charge in [0, 0.05) is 31.3 Å². The number of rotatable bonds is 4. The first-order chi connectivity index (χ1) is 9.72. The van der Waals surface area contributed by atoms with Crippen molar-refractivity contribution in [2.45, 2.75) is 31.4 Å². The van der Waals surface area contributed by atoms with E-state index in [1.54, 1.807) is 25.4 Å². The van der Waals surface area contributed by atoms with Crippen molar-refractivity contribution < 1.29 is 14.6 Å². The molecule has 2 N–H and O–H groups in total. The quantitative estimate of drug-likeness (QED) is 0.794. The molecule has 0 aliphatic heterocycles. The third kappa shape index (κ3) is 3.80. The van der Waals surface area contributed by atoms with Crippen molar-refractivity contribution in [1.29, 1.82) is 0 Å². The van der Waals surface area contributed by atoms with Crippen LogP contribution in [0.5, 0.6) is 0 Å². The number of aliphatic hydroxyl groups excluding tert-OH is 1. The molecule has 2 rings (SSSR count). The number of ether oxygens (including phenoxy) is 1. The summed E-state index contributed by atoms with van der Waals surface area (Å²) in [5, 5.41) is 11.5. The van der Waals surface area contributed by atoms with E-state index < -0.39 is 0 Å². The van der Waals surface area contributed by atoms with E-state index in [1.165, 1.54) is 0 Å². The SMILES string of the molecule is COC1CC(NC(=O)c2ccc(C#CCCO)cn2)C1. The molecule has 5 nitrogen and oxygen atoms in total. The second-order valence-corrected chi connectivity index (χ2v) is 4.71. The molecule has 1 saturated carbocycles. The lowest BCUT2D eigenvalue weighted by molar-refractivity contribution is 0.0175. The first-order valence-corrected chi connectivity index (χ1v) is 6.62. The van der Waals surface area contributed by atoms with Gasteiger partial charge >= 0.3 is 0 Å². The molecule has 0 bridgehead atoms. The van der Waals surface area contributed by atoms with Crippen molar-refractivity contribution in [3.05, 3.63) is 29.6 Å². The second kappa shape index (κ2) is 7.04. The van der Waals surface area contributed by atoms with Crippen LogP contribution in [0.3, 0.4) is 0 Å². The number of amides is 1. The molecule has 1 heterocycles. The van der Waals surface area contributed by atoms with Crippen molar-refractivity contribution in [2.75, 3.05) is 13.7 Å². The Balaban J connectivity index is 1.87. The van der Waals surface area contributed by atoms with E-state index >= 15 is 0 Å². The molecule has 0 radical (unpaired) electrons. The molecule has 0 aromatic carbocycles. The average Bonchev–Trinajstić information content (AvgIpc) is 2.43. The number of nitrogens with zero attached hydrogens (tertiary/aromatic N) is 1. The summed E-state index contributed by atoms with van der Waals surface area (Å²) >= 11 is 0. The van der Waals surface area contributed by atoms with Crippen LogP contribution in [0.15, 0.2) is 18.3 Å². The third-order valence-electron chi connectivity index (χ3n) is 3.23. The highest BCUT2D eigenvalue weighted by molar-refractivity contribution is 5.92. The van der Waals surface area contributed by atoms with Gasteiger partial charge in [-0.3, -0.25) is 4.79 Å². The zero-order valence-electron chi connectivity index (χ0n) is 11.4. The van der Waals surface area contributed by atoms with Crippen LogP contribution in [0.25, 0.3) is 0 Å². The Morgan fingerprint density at radius 3 is 2.95 bits per heavy atom. The van der Waals surface area contributed by atoms with Crippen molar-refractivity contribution in [2.24, 2.45) is 0 Å². The first kappa shape index (κ1) is 14.5. The summed E-state index contributed by atoms with van der Waals surface area (Å²) in [7, 11) is 1.68. The Kier molecular flexibility index (Phi) is 5.10. The molecular weight excluding hydrogens is 256 g/mol. The van der Waals surface area contributed by atoms with Gasteiger partial charge in [-0.2, -0.15) is 0 Å². The van der Waals surface area contributed by atoms with Crippen molar-refractivity contribution in [1.82, 2.24) is 10.3 Å². The van der Waals surface area contributed by atoms with E-state index in [-0.39, 0.29) is 24.7 Å². The first-order valence-electron chi connectivity index (χ1n) is 6.62. The van der Waals surface area contributed by atoms with E-state index in [0.717, 1.165) is 18.4 Å². The van der Waals surface area contributed by atoms with Crippen LogP contribution in [0.1, 0.15) is 35.3 Å². The van der Waals surface area contributed by atoms with Gasteiger partial charge in [0.1, 0.15) is 5.69 Å². The van der Waals surface area contributed by atoms with Crippen LogP contribution in [0.4, 0.5) is 0 Å². The molecule has 20 heavy (non-hydrogen) atoms. The molecule has 0 spiro atoms. The molecule has 106 valence electrons. The fourth-order valence-corrected chi connectivity index (χ4v) is 1.96. The Morgan fingerprint density at radius 2 is 2.35 bits per heavy atom. The number of carbonyl (C=O) groups excluding carboxylic acids is 1. The van der Waals surface area contributed by atoms with Gasteiger partial charge in [-0.25, -0.2) is 4.98 Å². The van der Waals surface area contributed by atoms with Crippen LogP contribution in [-0.4, -0.2) is 41.9 Å². The molecule has 1 aromatic rings. The largest absolute Gasteiger partial charge is 0.395 e.